The van der Waals surface area contributed by atoms with Gasteiger partial charge in [-0.1, -0.05) is 30.0 Å². The van der Waals surface area contributed by atoms with E-state index in [2.05, 4.69) is 16.6 Å². The van der Waals surface area contributed by atoms with Crippen molar-refractivity contribution in [2.24, 2.45) is 0 Å². The van der Waals surface area contributed by atoms with Gasteiger partial charge in [0.25, 0.3) is 0 Å². The molecule has 25 heavy (non-hydrogen) atoms. The molecule has 0 aliphatic heterocycles. The molecule has 0 fully saturated rings. The van der Waals surface area contributed by atoms with Crippen molar-refractivity contribution in [2.75, 3.05) is 12.4 Å². The minimum atomic E-state index is -4.99. The number of anilines is 1. The Morgan fingerprint density at radius 3 is 2.44 bits per heavy atom. The van der Waals surface area contributed by atoms with Gasteiger partial charge in [0, 0.05) is 11.1 Å². The van der Waals surface area contributed by atoms with E-state index in [0.29, 0.717) is 11.1 Å². The fourth-order valence-corrected chi connectivity index (χ4v) is 1.88. The monoisotopic (exact) mass is 347 g/mol. The molecule has 2 rings (SSSR count). The zero-order chi connectivity index (χ0) is 18.4. The summed E-state index contributed by atoms with van der Waals surface area (Å²) in [7, 11) is 1.25. The molecule has 1 N–H and O–H groups in total. The Labute approximate surface area is 141 Å². The minimum Gasteiger partial charge on any atom is -0.465 e. The van der Waals surface area contributed by atoms with Crippen LogP contribution in [0.4, 0.5) is 18.9 Å². The molecule has 0 aromatic heterocycles. The van der Waals surface area contributed by atoms with Crippen LogP contribution in [-0.2, 0) is 9.53 Å². The van der Waals surface area contributed by atoms with Crippen molar-refractivity contribution in [1.82, 2.24) is 0 Å². The first kappa shape index (κ1) is 18.1. The lowest BCUT2D eigenvalue weighted by molar-refractivity contribution is -0.167. The highest BCUT2D eigenvalue weighted by atomic mass is 19.4. The smallest absolute Gasteiger partial charge is 0.465 e. The molecule has 1 amide bonds. The molecule has 0 aliphatic carbocycles. The number of rotatable bonds is 2. The molecular formula is C18H12F3NO3. The van der Waals surface area contributed by atoms with E-state index in [0.717, 1.165) is 0 Å². The van der Waals surface area contributed by atoms with E-state index in [1.54, 1.807) is 29.6 Å². The van der Waals surface area contributed by atoms with Crippen molar-refractivity contribution >= 4 is 17.6 Å². The Balaban J connectivity index is 2.29. The van der Waals surface area contributed by atoms with Crippen LogP contribution in [0.2, 0.25) is 0 Å². The standard InChI is InChI=1S/C18H12F3NO3/c1-25-16(23)14-7-4-5-12(11-14)9-10-13-6-2-3-8-15(13)22-17(24)18(19,20)21/h2-8,11H,1H3,(H,22,24). The number of halogens is 3. The zero-order valence-electron chi connectivity index (χ0n) is 13.0. The topological polar surface area (TPSA) is 55.4 Å². The van der Waals surface area contributed by atoms with Crippen molar-refractivity contribution in [2.45, 2.75) is 6.18 Å². The fraction of sp³-hybridized carbons (Fsp3) is 0.111. The molecule has 0 saturated carbocycles. The van der Waals surface area contributed by atoms with Gasteiger partial charge in [0.1, 0.15) is 0 Å². The lowest BCUT2D eigenvalue weighted by Crippen LogP contribution is -2.30. The highest BCUT2D eigenvalue weighted by Crippen LogP contribution is 2.20. The predicted octanol–water partition coefficient (Wildman–Crippen LogP) is 3.37. The van der Waals surface area contributed by atoms with Gasteiger partial charge >= 0.3 is 18.1 Å². The van der Waals surface area contributed by atoms with E-state index < -0.39 is 18.1 Å². The SMILES string of the molecule is COC(=O)c1cccc(C#Cc2ccccc2NC(=O)C(F)(F)F)c1. The number of alkyl halides is 3. The molecule has 0 radical (unpaired) electrons. The Morgan fingerprint density at radius 2 is 1.76 bits per heavy atom. The lowest BCUT2D eigenvalue weighted by Gasteiger charge is -2.09. The van der Waals surface area contributed by atoms with Gasteiger partial charge in [-0.3, -0.25) is 4.79 Å². The van der Waals surface area contributed by atoms with Crippen LogP contribution in [0, 0.1) is 11.8 Å². The second kappa shape index (κ2) is 7.53. The van der Waals surface area contributed by atoms with Crippen LogP contribution in [0.15, 0.2) is 48.5 Å². The number of nitrogens with one attached hydrogen (secondary N) is 1. The Morgan fingerprint density at radius 1 is 1.04 bits per heavy atom. The molecule has 0 saturated heterocycles. The van der Waals surface area contributed by atoms with Crippen molar-refractivity contribution in [3.05, 3.63) is 65.2 Å². The van der Waals surface area contributed by atoms with Crippen LogP contribution in [0.25, 0.3) is 0 Å². The van der Waals surface area contributed by atoms with Gasteiger partial charge in [-0.05, 0) is 30.3 Å². The Hall–Kier alpha value is -3.27. The van der Waals surface area contributed by atoms with Crippen molar-refractivity contribution in [1.29, 1.82) is 0 Å². The first-order chi connectivity index (χ1) is 11.8. The average Bonchev–Trinajstić information content (AvgIpc) is 2.59. The first-order valence-corrected chi connectivity index (χ1v) is 6.99. The summed E-state index contributed by atoms with van der Waals surface area (Å²) in [5.74, 6) is 2.83. The minimum absolute atomic E-state index is 0.0542. The molecule has 2 aromatic rings. The molecule has 0 spiro atoms. The Bertz CT molecular complexity index is 864. The number of carbonyl (C=O) groups is 2. The molecule has 2 aromatic carbocycles. The van der Waals surface area contributed by atoms with E-state index in [4.69, 9.17) is 0 Å². The third-order valence-corrected chi connectivity index (χ3v) is 3.06. The summed E-state index contributed by atoms with van der Waals surface area (Å²) in [6, 6.07) is 12.1. The summed E-state index contributed by atoms with van der Waals surface area (Å²) >= 11 is 0. The number of benzene rings is 2. The molecule has 0 unspecified atom stereocenters. The maximum atomic E-state index is 12.4. The number of methoxy groups -OCH3 is 1. The quantitative estimate of drug-likeness (QED) is 0.669. The second-order valence-electron chi connectivity index (χ2n) is 4.82. The number of hydrogen-bond donors (Lipinski definition) is 1. The van der Waals surface area contributed by atoms with Gasteiger partial charge in [0.2, 0.25) is 0 Å². The molecule has 7 heteroatoms. The first-order valence-electron chi connectivity index (χ1n) is 6.99. The van der Waals surface area contributed by atoms with Gasteiger partial charge in [-0.2, -0.15) is 13.2 Å². The molecule has 4 nitrogen and oxygen atoms in total. The zero-order valence-corrected chi connectivity index (χ0v) is 13.0. The van der Waals surface area contributed by atoms with Crippen molar-refractivity contribution in [3.8, 4) is 11.8 Å². The maximum absolute atomic E-state index is 12.4. The fourth-order valence-electron chi connectivity index (χ4n) is 1.88. The van der Waals surface area contributed by atoms with Crippen molar-refractivity contribution in [3.63, 3.8) is 0 Å². The highest BCUT2D eigenvalue weighted by Gasteiger charge is 2.38. The van der Waals surface area contributed by atoms with E-state index >= 15 is 0 Å². The maximum Gasteiger partial charge on any atom is 0.471 e. The summed E-state index contributed by atoms with van der Waals surface area (Å²) in [5.41, 5.74) is 0.929. The number of esters is 1. The number of ether oxygens (including phenoxy) is 1. The van der Waals surface area contributed by atoms with Crippen LogP contribution in [0.5, 0.6) is 0 Å². The van der Waals surface area contributed by atoms with E-state index in [9.17, 15) is 22.8 Å². The average molecular weight is 347 g/mol. The molecule has 0 heterocycles. The number of carbonyl (C=O) groups excluding carboxylic acids is 2. The molecular weight excluding hydrogens is 335 g/mol. The van der Waals surface area contributed by atoms with Crippen LogP contribution in [0.1, 0.15) is 21.5 Å². The van der Waals surface area contributed by atoms with E-state index in [1.807, 2.05) is 0 Å². The summed E-state index contributed by atoms with van der Waals surface area (Å²) in [6.07, 6.45) is -4.99. The third-order valence-electron chi connectivity index (χ3n) is 3.06. The van der Waals surface area contributed by atoms with E-state index in [-0.39, 0.29) is 11.3 Å². The van der Waals surface area contributed by atoms with Crippen molar-refractivity contribution < 1.29 is 27.5 Å². The van der Waals surface area contributed by atoms with Crippen LogP contribution >= 0.6 is 0 Å². The molecule has 0 bridgehead atoms. The van der Waals surface area contributed by atoms with Gasteiger partial charge < -0.3 is 10.1 Å². The normalized spacial score (nSPS) is 10.4. The summed E-state index contributed by atoms with van der Waals surface area (Å²) in [6.45, 7) is 0. The Kier molecular flexibility index (Phi) is 5.45. The third kappa shape index (κ3) is 4.85. The second-order valence-corrected chi connectivity index (χ2v) is 4.82. The molecule has 0 aliphatic rings. The summed E-state index contributed by atoms with van der Waals surface area (Å²) in [5, 5.41) is 1.78. The van der Waals surface area contributed by atoms with Gasteiger partial charge in [0.05, 0.1) is 18.4 Å². The van der Waals surface area contributed by atoms with Gasteiger partial charge in [-0.25, -0.2) is 4.79 Å². The predicted molar refractivity (Wildman–Crippen MR) is 84.9 cm³/mol. The highest BCUT2D eigenvalue weighted by molar-refractivity contribution is 5.96. The summed E-state index contributed by atoms with van der Waals surface area (Å²) in [4.78, 5) is 22.6. The van der Waals surface area contributed by atoms with Gasteiger partial charge in [-0.15, -0.1) is 0 Å². The molecule has 0 atom stereocenters. The van der Waals surface area contributed by atoms with Crippen LogP contribution in [0.3, 0.4) is 0 Å². The lowest BCUT2D eigenvalue weighted by atomic mass is 10.1. The van der Waals surface area contributed by atoms with Gasteiger partial charge in [0.15, 0.2) is 0 Å². The number of amides is 1. The largest absolute Gasteiger partial charge is 0.471 e. The number of para-hydroxylation sites is 1. The number of hydrogen-bond acceptors (Lipinski definition) is 3. The summed E-state index contributed by atoms with van der Waals surface area (Å²) < 4.78 is 41.7. The van der Waals surface area contributed by atoms with Crippen LogP contribution in [-0.4, -0.2) is 25.2 Å². The van der Waals surface area contributed by atoms with E-state index in [1.165, 1.54) is 31.4 Å². The van der Waals surface area contributed by atoms with Crippen LogP contribution < -0.4 is 5.32 Å². The molecule has 128 valence electrons.